The Kier molecular flexibility index (Phi) is 3.39. The van der Waals surface area contributed by atoms with Crippen LogP contribution < -0.4 is 5.32 Å². The Morgan fingerprint density at radius 3 is 2.61 bits per heavy atom. The number of nitrogens with one attached hydrogen (secondary N) is 2. The summed E-state index contributed by atoms with van der Waals surface area (Å²) in [5.41, 5.74) is 1.65. The molecule has 18 heavy (non-hydrogen) atoms. The standard InChI is InChI=1S/C13H19N5/c1-2-4-6-10(7-5-3-1)18-13-11-12(15-8-14-11)16-9-17-13/h8-10H,1-7H2,(H2,14,15,16,17,18). The van der Waals surface area contributed by atoms with Gasteiger partial charge in [-0.2, -0.15) is 0 Å². The van der Waals surface area contributed by atoms with Crippen LogP contribution in [-0.4, -0.2) is 26.0 Å². The minimum atomic E-state index is 0.534. The molecule has 0 unspecified atom stereocenters. The number of H-pyrrole nitrogens is 1. The second-order valence-electron chi connectivity index (χ2n) is 5.01. The van der Waals surface area contributed by atoms with E-state index in [1.54, 1.807) is 12.7 Å². The summed E-state index contributed by atoms with van der Waals surface area (Å²) in [6.07, 6.45) is 12.5. The van der Waals surface area contributed by atoms with Crippen LogP contribution in [0.1, 0.15) is 44.9 Å². The smallest absolute Gasteiger partial charge is 0.182 e. The highest BCUT2D eigenvalue weighted by atomic mass is 15.1. The SMILES string of the molecule is c1nc(NC2CCCCCCC2)c2[nH]cnc2n1. The van der Waals surface area contributed by atoms with Gasteiger partial charge in [0.2, 0.25) is 0 Å². The Morgan fingerprint density at radius 1 is 1.00 bits per heavy atom. The summed E-state index contributed by atoms with van der Waals surface area (Å²) in [6.45, 7) is 0. The fourth-order valence-electron chi connectivity index (χ4n) is 2.67. The van der Waals surface area contributed by atoms with E-state index in [-0.39, 0.29) is 0 Å². The molecule has 2 aromatic rings. The summed E-state index contributed by atoms with van der Waals surface area (Å²) in [4.78, 5) is 15.7. The van der Waals surface area contributed by atoms with Crippen LogP contribution in [0.25, 0.3) is 11.2 Å². The summed E-state index contributed by atoms with van der Waals surface area (Å²) in [5.74, 6) is 0.892. The van der Waals surface area contributed by atoms with Crippen LogP contribution in [0.3, 0.4) is 0 Å². The maximum Gasteiger partial charge on any atom is 0.182 e. The van der Waals surface area contributed by atoms with Crippen molar-refractivity contribution in [2.24, 2.45) is 0 Å². The van der Waals surface area contributed by atoms with Crippen LogP contribution in [0.4, 0.5) is 5.82 Å². The van der Waals surface area contributed by atoms with E-state index in [0.29, 0.717) is 6.04 Å². The Hall–Kier alpha value is -1.65. The summed E-state index contributed by atoms with van der Waals surface area (Å²) < 4.78 is 0. The fourth-order valence-corrected chi connectivity index (χ4v) is 2.67. The van der Waals surface area contributed by atoms with Crippen molar-refractivity contribution in [3.8, 4) is 0 Å². The highest BCUT2D eigenvalue weighted by Crippen LogP contribution is 2.22. The van der Waals surface area contributed by atoms with Gasteiger partial charge >= 0.3 is 0 Å². The molecule has 0 aromatic carbocycles. The second-order valence-corrected chi connectivity index (χ2v) is 5.01. The monoisotopic (exact) mass is 245 g/mol. The molecule has 0 aliphatic heterocycles. The van der Waals surface area contributed by atoms with Crippen LogP contribution in [0, 0.1) is 0 Å². The summed E-state index contributed by atoms with van der Waals surface area (Å²) in [6, 6.07) is 0.534. The molecule has 1 aliphatic rings. The minimum Gasteiger partial charge on any atom is -0.365 e. The molecule has 96 valence electrons. The lowest BCUT2D eigenvalue weighted by atomic mass is 9.97. The number of hydrogen-bond acceptors (Lipinski definition) is 4. The molecule has 0 amide bonds. The van der Waals surface area contributed by atoms with Crippen molar-refractivity contribution in [3.63, 3.8) is 0 Å². The number of fused-ring (bicyclic) bond motifs is 1. The van der Waals surface area contributed by atoms with Gasteiger partial charge in [-0.3, -0.25) is 0 Å². The quantitative estimate of drug-likeness (QED) is 0.853. The first kappa shape index (κ1) is 11.4. The largest absolute Gasteiger partial charge is 0.365 e. The van der Waals surface area contributed by atoms with Gasteiger partial charge in [-0.1, -0.05) is 32.1 Å². The number of imidazole rings is 1. The van der Waals surface area contributed by atoms with Crippen molar-refractivity contribution in [1.29, 1.82) is 0 Å². The van der Waals surface area contributed by atoms with Gasteiger partial charge in [-0.05, 0) is 12.8 Å². The van der Waals surface area contributed by atoms with Gasteiger partial charge in [0.25, 0.3) is 0 Å². The first-order valence-corrected chi connectivity index (χ1v) is 6.84. The van der Waals surface area contributed by atoms with Crippen LogP contribution >= 0.6 is 0 Å². The Labute approximate surface area is 106 Å². The van der Waals surface area contributed by atoms with E-state index in [9.17, 15) is 0 Å². The third-order valence-corrected chi connectivity index (χ3v) is 3.67. The van der Waals surface area contributed by atoms with Gasteiger partial charge in [0.1, 0.15) is 11.8 Å². The minimum absolute atomic E-state index is 0.534. The van der Waals surface area contributed by atoms with Gasteiger partial charge in [-0.15, -0.1) is 0 Å². The number of hydrogen-bond donors (Lipinski definition) is 2. The highest BCUT2D eigenvalue weighted by Gasteiger charge is 2.14. The molecule has 1 fully saturated rings. The number of nitrogens with zero attached hydrogens (tertiary/aromatic N) is 3. The van der Waals surface area contributed by atoms with Crippen LogP contribution in [0.15, 0.2) is 12.7 Å². The first-order valence-electron chi connectivity index (χ1n) is 6.84. The van der Waals surface area contributed by atoms with Gasteiger partial charge in [0, 0.05) is 6.04 Å². The van der Waals surface area contributed by atoms with Gasteiger partial charge in [0.05, 0.1) is 6.33 Å². The molecule has 2 heterocycles. The normalized spacial score (nSPS) is 18.4. The van der Waals surface area contributed by atoms with E-state index >= 15 is 0 Å². The molecule has 5 nitrogen and oxygen atoms in total. The van der Waals surface area contributed by atoms with E-state index in [1.807, 2.05) is 0 Å². The van der Waals surface area contributed by atoms with Crippen molar-refractivity contribution < 1.29 is 0 Å². The van der Waals surface area contributed by atoms with Crippen molar-refractivity contribution in [3.05, 3.63) is 12.7 Å². The van der Waals surface area contributed by atoms with Crippen LogP contribution in [0.2, 0.25) is 0 Å². The summed E-state index contributed by atoms with van der Waals surface area (Å²) >= 11 is 0. The number of aromatic nitrogens is 4. The third kappa shape index (κ3) is 2.44. The zero-order chi connectivity index (χ0) is 12.2. The lowest BCUT2D eigenvalue weighted by Crippen LogP contribution is -2.21. The van der Waals surface area contributed by atoms with Crippen molar-refractivity contribution in [2.45, 2.75) is 51.0 Å². The lowest BCUT2D eigenvalue weighted by Gasteiger charge is -2.21. The van der Waals surface area contributed by atoms with Crippen LogP contribution in [-0.2, 0) is 0 Å². The maximum absolute atomic E-state index is 4.33. The van der Waals surface area contributed by atoms with Crippen LogP contribution in [0.5, 0.6) is 0 Å². The topological polar surface area (TPSA) is 66.5 Å². The van der Waals surface area contributed by atoms with Crippen molar-refractivity contribution >= 4 is 17.0 Å². The zero-order valence-electron chi connectivity index (χ0n) is 10.5. The average molecular weight is 245 g/mol. The van der Waals surface area contributed by atoms with E-state index < -0.39 is 0 Å². The van der Waals surface area contributed by atoms with E-state index in [0.717, 1.165) is 17.0 Å². The molecular weight excluding hydrogens is 226 g/mol. The van der Waals surface area contributed by atoms with E-state index in [2.05, 4.69) is 25.3 Å². The van der Waals surface area contributed by atoms with Crippen molar-refractivity contribution in [1.82, 2.24) is 19.9 Å². The Bertz CT molecular complexity index is 499. The van der Waals surface area contributed by atoms with Gasteiger partial charge in [0.15, 0.2) is 11.5 Å². The average Bonchev–Trinajstić information content (AvgIpc) is 2.81. The number of anilines is 1. The maximum atomic E-state index is 4.33. The van der Waals surface area contributed by atoms with Gasteiger partial charge in [-0.25, -0.2) is 15.0 Å². The third-order valence-electron chi connectivity index (χ3n) is 3.67. The Balaban J connectivity index is 1.76. The molecule has 0 atom stereocenters. The number of rotatable bonds is 2. The van der Waals surface area contributed by atoms with Gasteiger partial charge < -0.3 is 10.3 Å². The predicted octanol–water partition coefficient (Wildman–Crippen LogP) is 2.88. The summed E-state index contributed by atoms with van der Waals surface area (Å²) in [5, 5.41) is 3.56. The lowest BCUT2D eigenvalue weighted by molar-refractivity contribution is 0.471. The molecule has 0 bridgehead atoms. The van der Waals surface area contributed by atoms with E-state index in [1.165, 1.54) is 44.9 Å². The molecule has 3 rings (SSSR count). The second kappa shape index (κ2) is 5.33. The summed E-state index contributed by atoms with van der Waals surface area (Å²) in [7, 11) is 0. The molecule has 2 aromatic heterocycles. The Morgan fingerprint density at radius 2 is 1.78 bits per heavy atom. The molecular formula is C13H19N5. The fraction of sp³-hybridized carbons (Fsp3) is 0.615. The predicted molar refractivity (Wildman–Crippen MR) is 71.4 cm³/mol. The van der Waals surface area contributed by atoms with Crippen molar-refractivity contribution in [2.75, 3.05) is 5.32 Å². The molecule has 0 radical (unpaired) electrons. The highest BCUT2D eigenvalue weighted by molar-refractivity contribution is 5.82. The van der Waals surface area contributed by atoms with E-state index in [4.69, 9.17) is 0 Å². The molecule has 1 aliphatic carbocycles. The number of aromatic amines is 1. The molecule has 0 spiro atoms. The molecule has 1 saturated carbocycles. The zero-order valence-corrected chi connectivity index (χ0v) is 10.5. The molecule has 5 heteroatoms. The first-order chi connectivity index (χ1) is 8.93. The molecule has 2 N–H and O–H groups in total. The molecule has 0 saturated heterocycles.